The number of rotatable bonds is 2. The second-order valence-corrected chi connectivity index (χ2v) is 3.33. The third kappa shape index (κ3) is 2.97. The van der Waals surface area contributed by atoms with Gasteiger partial charge in [-0.05, 0) is 18.2 Å². The maximum absolute atomic E-state index is 12.8. The van der Waals surface area contributed by atoms with Crippen LogP contribution in [0, 0.1) is 5.82 Å². The van der Waals surface area contributed by atoms with Crippen LogP contribution in [0.3, 0.4) is 0 Å². The van der Waals surface area contributed by atoms with Gasteiger partial charge in [-0.2, -0.15) is 0 Å². The minimum Gasteiger partial charge on any atom is -0.461 e. The number of benzene rings is 1. The zero-order chi connectivity index (χ0) is 13.0. The van der Waals surface area contributed by atoms with E-state index in [9.17, 15) is 14.0 Å². The van der Waals surface area contributed by atoms with Gasteiger partial charge in [-0.15, -0.1) is 0 Å². The first-order chi connectivity index (χ1) is 8.65. The zero-order valence-corrected chi connectivity index (χ0v) is 9.10. The summed E-state index contributed by atoms with van der Waals surface area (Å²) in [5.41, 5.74) is 0.234. The van der Waals surface area contributed by atoms with E-state index in [1.54, 1.807) is 0 Å². The van der Waals surface area contributed by atoms with E-state index in [0.717, 1.165) is 12.3 Å². The lowest BCUT2D eigenvalue weighted by Crippen LogP contribution is -2.35. The summed E-state index contributed by atoms with van der Waals surface area (Å²) in [5.74, 6) is -1.32. The minimum atomic E-state index is -0.790. The predicted octanol–water partition coefficient (Wildman–Crippen LogP) is 1.32. The Balaban J connectivity index is 1.90. The van der Waals surface area contributed by atoms with Crippen molar-refractivity contribution in [1.29, 1.82) is 0 Å². The largest absolute Gasteiger partial charge is 0.461 e. The molecule has 0 bridgehead atoms. The van der Waals surface area contributed by atoms with Gasteiger partial charge in [0.2, 0.25) is 12.6 Å². The van der Waals surface area contributed by atoms with Crippen molar-refractivity contribution >= 4 is 17.6 Å². The SMILES string of the molecule is O=C(NC(=O)C1=COCO1)Nc1cccc(F)c1. The molecule has 0 unspecified atom stereocenters. The quantitative estimate of drug-likeness (QED) is 0.832. The predicted molar refractivity (Wildman–Crippen MR) is 58.7 cm³/mol. The average molecular weight is 252 g/mol. The van der Waals surface area contributed by atoms with Crippen molar-refractivity contribution in [1.82, 2.24) is 5.32 Å². The summed E-state index contributed by atoms with van der Waals surface area (Å²) in [7, 11) is 0. The van der Waals surface area contributed by atoms with Crippen molar-refractivity contribution in [3.05, 3.63) is 42.1 Å². The van der Waals surface area contributed by atoms with Crippen LogP contribution in [0.5, 0.6) is 0 Å². The molecule has 94 valence electrons. The Morgan fingerprint density at radius 3 is 2.83 bits per heavy atom. The Morgan fingerprint density at radius 1 is 1.33 bits per heavy atom. The van der Waals surface area contributed by atoms with Crippen LogP contribution in [0.25, 0.3) is 0 Å². The highest BCUT2D eigenvalue weighted by Crippen LogP contribution is 2.09. The number of carbonyl (C=O) groups excluding carboxylic acids is 2. The Hall–Kier alpha value is -2.57. The number of hydrogen-bond donors (Lipinski definition) is 2. The second-order valence-electron chi connectivity index (χ2n) is 3.33. The molecule has 0 fully saturated rings. The average Bonchev–Trinajstić information content (AvgIpc) is 2.81. The number of nitrogens with one attached hydrogen (secondary N) is 2. The topological polar surface area (TPSA) is 76.7 Å². The normalized spacial score (nSPS) is 13.1. The Morgan fingerprint density at radius 2 is 2.17 bits per heavy atom. The van der Waals surface area contributed by atoms with Crippen molar-refractivity contribution in [2.45, 2.75) is 0 Å². The molecule has 1 aromatic rings. The van der Waals surface area contributed by atoms with Gasteiger partial charge in [-0.1, -0.05) is 6.07 Å². The third-order valence-corrected chi connectivity index (χ3v) is 2.01. The van der Waals surface area contributed by atoms with Crippen LogP contribution in [0.4, 0.5) is 14.9 Å². The summed E-state index contributed by atoms with van der Waals surface area (Å²) in [6, 6.07) is 4.49. The second kappa shape index (κ2) is 5.17. The standard InChI is InChI=1S/C11H9FN2O4/c12-7-2-1-3-8(4-7)13-11(16)14-10(15)9-5-17-6-18-9/h1-5H,6H2,(H2,13,14,15,16). The van der Waals surface area contributed by atoms with Gasteiger partial charge in [0.05, 0.1) is 0 Å². The van der Waals surface area contributed by atoms with Crippen molar-refractivity contribution in [3.8, 4) is 0 Å². The van der Waals surface area contributed by atoms with Crippen molar-refractivity contribution < 1.29 is 23.5 Å². The third-order valence-electron chi connectivity index (χ3n) is 2.01. The molecule has 1 heterocycles. The first-order valence-corrected chi connectivity index (χ1v) is 4.97. The fourth-order valence-corrected chi connectivity index (χ4v) is 1.25. The molecule has 0 aromatic heterocycles. The lowest BCUT2D eigenvalue weighted by atomic mass is 10.3. The number of anilines is 1. The Bertz CT molecular complexity index is 516. The highest BCUT2D eigenvalue weighted by molar-refractivity contribution is 6.06. The summed E-state index contributed by atoms with van der Waals surface area (Å²) >= 11 is 0. The van der Waals surface area contributed by atoms with E-state index in [0.29, 0.717) is 0 Å². The van der Waals surface area contributed by atoms with E-state index >= 15 is 0 Å². The lowest BCUT2D eigenvalue weighted by Gasteiger charge is -2.06. The smallest absolute Gasteiger partial charge is 0.326 e. The first-order valence-electron chi connectivity index (χ1n) is 4.97. The summed E-state index contributed by atoms with van der Waals surface area (Å²) < 4.78 is 22.3. The molecule has 18 heavy (non-hydrogen) atoms. The highest BCUT2D eigenvalue weighted by Gasteiger charge is 2.18. The van der Waals surface area contributed by atoms with Crippen molar-refractivity contribution in [2.75, 3.05) is 12.1 Å². The van der Waals surface area contributed by atoms with Crippen molar-refractivity contribution in [3.63, 3.8) is 0 Å². The van der Waals surface area contributed by atoms with Crippen molar-refractivity contribution in [2.24, 2.45) is 0 Å². The zero-order valence-electron chi connectivity index (χ0n) is 9.10. The first kappa shape index (κ1) is 11.9. The molecule has 0 atom stereocenters. The molecule has 7 heteroatoms. The number of ether oxygens (including phenoxy) is 2. The molecular formula is C11H9FN2O4. The molecule has 3 amide bonds. The number of carbonyl (C=O) groups is 2. The molecule has 0 spiro atoms. The fraction of sp³-hybridized carbons (Fsp3) is 0.0909. The van der Waals surface area contributed by atoms with Gasteiger partial charge in [0.1, 0.15) is 12.1 Å². The number of imide groups is 1. The molecule has 1 aromatic carbocycles. The molecular weight excluding hydrogens is 243 g/mol. The fourth-order valence-electron chi connectivity index (χ4n) is 1.25. The monoisotopic (exact) mass is 252 g/mol. The minimum absolute atomic E-state index is 0.0612. The van der Waals surface area contributed by atoms with Gasteiger partial charge in [0.25, 0.3) is 5.91 Å². The van der Waals surface area contributed by atoms with E-state index < -0.39 is 17.8 Å². The van der Waals surface area contributed by atoms with Gasteiger partial charge < -0.3 is 14.8 Å². The highest BCUT2D eigenvalue weighted by atomic mass is 19.1. The molecule has 1 aliphatic rings. The van der Waals surface area contributed by atoms with Gasteiger partial charge in [-0.25, -0.2) is 9.18 Å². The molecule has 2 rings (SSSR count). The molecule has 2 N–H and O–H groups in total. The molecule has 6 nitrogen and oxygen atoms in total. The molecule has 0 saturated carbocycles. The summed E-state index contributed by atoms with van der Waals surface area (Å²) in [4.78, 5) is 22.8. The van der Waals surface area contributed by atoms with Crippen LogP contribution in [0.1, 0.15) is 0 Å². The number of hydrogen-bond acceptors (Lipinski definition) is 4. The Labute approximate surface area is 101 Å². The van der Waals surface area contributed by atoms with Gasteiger partial charge >= 0.3 is 6.03 Å². The van der Waals surface area contributed by atoms with Gasteiger partial charge in [-0.3, -0.25) is 10.1 Å². The maximum Gasteiger partial charge on any atom is 0.326 e. The van der Waals surface area contributed by atoms with Crippen LogP contribution >= 0.6 is 0 Å². The number of halogens is 1. The van der Waals surface area contributed by atoms with E-state index in [1.165, 1.54) is 18.2 Å². The molecule has 1 aliphatic heterocycles. The molecule has 0 radical (unpaired) electrons. The summed E-state index contributed by atoms with van der Waals surface area (Å²) in [6.45, 7) is -0.0612. The van der Waals surface area contributed by atoms with Crippen LogP contribution in [-0.2, 0) is 14.3 Å². The van der Waals surface area contributed by atoms with E-state index in [4.69, 9.17) is 4.74 Å². The number of amides is 3. The molecule has 0 saturated heterocycles. The summed E-state index contributed by atoms with van der Waals surface area (Å²) in [6.07, 6.45) is 1.10. The maximum atomic E-state index is 12.8. The van der Waals surface area contributed by atoms with Gasteiger partial charge in [0.15, 0.2) is 0 Å². The van der Waals surface area contributed by atoms with E-state index in [2.05, 4.69) is 10.1 Å². The van der Waals surface area contributed by atoms with E-state index in [-0.39, 0.29) is 18.2 Å². The summed E-state index contributed by atoms with van der Waals surface area (Å²) in [5, 5.41) is 4.31. The van der Waals surface area contributed by atoms with Crippen LogP contribution in [0.2, 0.25) is 0 Å². The molecule has 0 aliphatic carbocycles. The van der Waals surface area contributed by atoms with Gasteiger partial charge in [0, 0.05) is 5.69 Å². The van der Waals surface area contributed by atoms with E-state index in [1.807, 2.05) is 5.32 Å². The van der Waals surface area contributed by atoms with Crippen LogP contribution in [0.15, 0.2) is 36.3 Å². The van der Waals surface area contributed by atoms with Crippen LogP contribution in [-0.4, -0.2) is 18.7 Å². The lowest BCUT2D eigenvalue weighted by molar-refractivity contribution is -0.119. The van der Waals surface area contributed by atoms with Crippen LogP contribution < -0.4 is 10.6 Å². The Kier molecular flexibility index (Phi) is 3.42. The number of urea groups is 1.